The lowest BCUT2D eigenvalue weighted by molar-refractivity contribution is 0.146. The fourth-order valence-electron chi connectivity index (χ4n) is 2.05. The number of nitrogens with zero attached hydrogens (tertiary/aromatic N) is 1. The molecule has 2 aromatic carbocycles. The molecule has 0 atom stereocenters. The van der Waals surface area contributed by atoms with Crippen molar-refractivity contribution < 1.29 is 19.0 Å². The van der Waals surface area contributed by atoms with Gasteiger partial charge >= 0.3 is 6.03 Å². The van der Waals surface area contributed by atoms with Crippen LogP contribution in [-0.4, -0.2) is 33.0 Å². The van der Waals surface area contributed by atoms with E-state index in [1.807, 2.05) is 30.3 Å². The number of nitriles is 1. The predicted octanol–water partition coefficient (Wildman–Crippen LogP) is 2.94. The summed E-state index contributed by atoms with van der Waals surface area (Å²) in [5.41, 5.74) is 1.59. The number of carbonyl (C=O) groups is 1. The van der Waals surface area contributed by atoms with E-state index in [1.54, 1.807) is 31.4 Å². The highest BCUT2D eigenvalue weighted by Gasteiger charge is 2.03. The first-order chi connectivity index (χ1) is 12.7. The van der Waals surface area contributed by atoms with Crippen molar-refractivity contribution in [3.8, 4) is 17.6 Å². The molecule has 7 nitrogen and oxygen atoms in total. The van der Waals surface area contributed by atoms with Gasteiger partial charge in [0, 0.05) is 19.3 Å². The highest BCUT2D eigenvalue weighted by atomic mass is 16.5. The minimum absolute atomic E-state index is 0.0104. The van der Waals surface area contributed by atoms with Crippen LogP contribution in [0.5, 0.6) is 11.5 Å². The van der Waals surface area contributed by atoms with Crippen LogP contribution in [0, 0.1) is 11.3 Å². The third-order valence-corrected chi connectivity index (χ3v) is 3.35. The number of amides is 2. The van der Waals surface area contributed by atoms with Gasteiger partial charge in [0.15, 0.2) is 6.61 Å². The zero-order chi connectivity index (χ0) is 18.6. The second-order valence-corrected chi connectivity index (χ2v) is 5.26. The van der Waals surface area contributed by atoms with E-state index in [0.717, 1.165) is 11.3 Å². The zero-order valence-corrected chi connectivity index (χ0v) is 14.5. The molecule has 26 heavy (non-hydrogen) atoms. The van der Waals surface area contributed by atoms with Gasteiger partial charge in [0.05, 0.1) is 6.61 Å². The van der Waals surface area contributed by atoms with Gasteiger partial charge < -0.3 is 24.8 Å². The van der Waals surface area contributed by atoms with Crippen LogP contribution in [0.15, 0.2) is 48.5 Å². The highest BCUT2D eigenvalue weighted by molar-refractivity contribution is 5.89. The smallest absolute Gasteiger partial charge is 0.319 e. The lowest BCUT2D eigenvalue weighted by atomic mass is 10.2. The standard InChI is InChI=1S/C19H21N3O4/c1-24-12-13-26-17-6-2-15(3-7-17)14-21-19(23)22-16-4-8-18(9-5-16)25-11-10-20/h2-9H,11-14H2,1H3,(H2,21,22,23). The molecule has 0 bridgehead atoms. The summed E-state index contributed by atoms with van der Waals surface area (Å²) in [6, 6.07) is 15.9. The summed E-state index contributed by atoms with van der Waals surface area (Å²) in [5.74, 6) is 1.33. The van der Waals surface area contributed by atoms with Crippen molar-refractivity contribution in [3.63, 3.8) is 0 Å². The van der Waals surface area contributed by atoms with Crippen LogP contribution in [0.4, 0.5) is 10.5 Å². The fourth-order valence-corrected chi connectivity index (χ4v) is 2.05. The molecule has 0 heterocycles. The third-order valence-electron chi connectivity index (χ3n) is 3.35. The summed E-state index contributed by atoms with van der Waals surface area (Å²) >= 11 is 0. The van der Waals surface area contributed by atoms with Gasteiger partial charge in [0.1, 0.15) is 24.2 Å². The normalized spacial score (nSPS) is 9.85. The van der Waals surface area contributed by atoms with Gasteiger partial charge in [-0.2, -0.15) is 5.26 Å². The maximum absolute atomic E-state index is 11.9. The molecule has 2 rings (SSSR count). The monoisotopic (exact) mass is 355 g/mol. The molecule has 2 N–H and O–H groups in total. The predicted molar refractivity (Wildman–Crippen MR) is 97.2 cm³/mol. The molecule has 0 unspecified atom stereocenters. The Kier molecular flexibility index (Phi) is 7.77. The van der Waals surface area contributed by atoms with E-state index in [4.69, 9.17) is 19.5 Å². The minimum Gasteiger partial charge on any atom is -0.491 e. The van der Waals surface area contributed by atoms with Crippen molar-refractivity contribution in [2.24, 2.45) is 0 Å². The Labute approximate surface area is 152 Å². The van der Waals surface area contributed by atoms with Crippen LogP contribution < -0.4 is 20.1 Å². The Morgan fingerprint density at radius 3 is 2.31 bits per heavy atom. The van der Waals surface area contributed by atoms with Crippen molar-refractivity contribution in [1.82, 2.24) is 5.32 Å². The Morgan fingerprint density at radius 1 is 1.00 bits per heavy atom. The first kappa shape index (κ1) is 19.1. The summed E-state index contributed by atoms with van der Waals surface area (Å²) in [5, 5.41) is 14.0. The lowest BCUT2D eigenvalue weighted by Gasteiger charge is -2.09. The van der Waals surface area contributed by atoms with Crippen molar-refractivity contribution >= 4 is 11.7 Å². The van der Waals surface area contributed by atoms with E-state index in [-0.39, 0.29) is 12.6 Å². The number of hydrogen-bond donors (Lipinski definition) is 2. The number of ether oxygens (including phenoxy) is 3. The van der Waals surface area contributed by atoms with Gasteiger partial charge in [0.2, 0.25) is 0 Å². The largest absolute Gasteiger partial charge is 0.491 e. The van der Waals surface area contributed by atoms with Crippen molar-refractivity contribution in [2.45, 2.75) is 6.54 Å². The molecule has 0 radical (unpaired) electrons. The second-order valence-electron chi connectivity index (χ2n) is 5.26. The van der Waals surface area contributed by atoms with Crippen molar-refractivity contribution in [2.75, 3.05) is 32.2 Å². The maximum atomic E-state index is 11.9. The number of carbonyl (C=O) groups excluding carboxylic acids is 1. The number of nitrogens with one attached hydrogen (secondary N) is 2. The first-order valence-corrected chi connectivity index (χ1v) is 8.06. The second kappa shape index (κ2) is 10.6. The number of benzene rings is 2. The van der Waals surface area contributed by atoms with Gasteiger partial charge in [-0.25, -0.2) is 4.79 Å². The van der Waals surface area contributed by atoms with E-state index in [9.17, 15) is 4.79 Å². The Morgan fingerprint density at radius 2 is 1.65 bits per heavy atom. The van der Waals surface area contributed by atoms with E-state index in [2.05, 4.69) is 10.6 Å². The third kappa shape index (κ3) is 6.71. The molecule has 0 saturated heterocycles. The molecular weight excluding hydrogens is 334 g/mol. The maximum Gasteiger partial charge on any atom is 0.319 e. The number of anilines is 1. The molecule has 2 aromatic rings. The number of urea groups is 1. The highest BCUT2D eigenvalue weighted by Crippen LogP contribution is 2.15. The molecule has 0 saturated carbocycles. The number of hydrogen-bond acceptors (Lipinski definition) is 5. The number of rotatable bonds is 9. The van der Waals surface area contributed by atoms with Crippen molar-refractivity contribution in [3.05, 3.63) is 54.1 Å². The summed E-state index contributed by atoms with van der Waals surface area (Å²) < 4.78 is 15.6. The Hall–Kier alpha value is -3.24. The lowest BCUT2D eigenvalue weighted by Crippen LogP contribution is -2.28. The van der Waals surface area contributed by atoms with Crippen LogP contribution in [0.2, 0.25) is 0 Å². The van der Waals surface area contributed by atoms with Crippen LogP contribution in [0.25, 0.3) is 0 Å². The molecule has 0 aliphatic rings. The Bertz CT molecular complexity index is 724. The van der Waals surface area contributed by atoms with Crippen molar-refractivity contribution in [1.29, 1.82) is 5.26 Å². The molecule has 0 fully saturated rings. The molecule has 0 aliphatic carbocycles. The van der Waals surface area contributed by atoms with Crippen LogP contribution in [0.3, 0.4) is 0 Å². The molecule has 7 heteroatoms. The van der Waals surface area contributed by atoms with E-state index >= 15 is 0 Å². The first-order valence-electron chi connectivity index (χ1n) is 8.06. The SMILES string of the molecule is COCCOc1ccc(CNC(=O)Nc2ccc(OCC#N)cc2)cc1. The molecule has 0 spiro atoms. The quantitative estimate of drug-likeness (QED) is 0.675. The summed E-state index contributed by atoms with van der Waals surface area (Å²) in [7, 11) is 1.63. The summed E-state index contributed by atoms with van der Waals surface area (Å²) in [4.78, 5) is 11.9. The molecule has 136 valence electrons. The van der Waals surface area contributed by atoms with E-state index < -0.39 is 0 Å². The van der Waals surface area contributed by atoms with Gasteiger partial charge in [-0.3, -0.25) is 0 Å². The topological polar surface area (TPSA) is 92.6 Å². The molecule has 0 aliphatic heterocycles. The zero-order valence-electron chi connectivity index (χ0n) is 14.5. The average molecular weight is 355 g/mol. The van der Waals surface area contributed by atoms with Crippen LogP contribution in [0.1, 0.15) is 5.56 Å². The Balaban J connectivity index is 1.75. The number of methoxy groups -OCH3 is 1. The fraction of sp³-hybridized carbons (Fsp3) is 0.263. The van der Waals surface area contributed by atoms with Crippen LogP contribution in [-0.2, 0) is 11.3 Å². The molecule has 2 amide bonds. The van der Waals surface area contributed by atoms with Gasteiger partial charge in [0.25, 0.3) is 0 Å². The summed E-state index contributed by atoms with van der Waals surface area (Å²) in [6.07, 6.45) is 0. The van der Waals surface area contributed by atoms with Gasteiger partial charge in [-0.1, -0.05) is 12.1 Å². The molecular formula is C19H21N3O4. The van der Waals surface area contributed by atoms with Gasteiger partial charge in [-0.05, 0) is 42.0 Å². The minimum atomic E-state index is -0.309. The average Bonchev–Trinajstić information content (AvgIpc) is 2.67. The van der Waals surface area contributed by atoms with Crippen LogP contribution >= 0.6 is 0 Å². The van der Waals surface area contributed by atoms with Gasteiger partial charge in [-0.15, -0.1) is 0 Å². The summed E-state index contributed by atoms with van der Waals surface area (Å²) in [6.45, 7) is 1.42. The molecule has 0 aromatic heterocycles. The van der Waals surface area contributed by atoms with E-state index in [0.29, 0.717) is 31.2 Å². The van der Waals surface area contributed by atoms with E-state index in [1.165, 1.54) is 0 Å².